The first kappa shape index (κ1) is 17.9. The first-order chi connectivity index (χ1) is 12.7. The van der Waals surface area contributed by atoms with Crippen LogP contribution in [0.4, 0.5) is 0 Å². The third-order valence-electron chi connectivity index (χ3n) is 5.99. The summed E-state index contributed by atoms with van der Waals surface area (Å²) in [7, 11) is 4.01. The van der Waals surface area contributed by atoms with Crippen molar-refractivity contribution >= 4 is 11.8 Å². The van der Waals surface area contributed by atoms with Crippen LogP contribution in [0.15, 0.2) is 53.4 Å². The summed E-state index contributed by atoms with van der Waals surface area (Å²) in [5.41, 5.74) is 2.85. The average Bonchev–Trinajstić information content (AvgIpc) is 3.18. The Morgan fingerprint density at radius 1 is 1.00 bits per heavy atom. The van der Waals surface area contributed by atoms with Crippen molar-refractivity contribution in [3.63, 3.8) is 0 Å². The Morgan fingerprint density at radius 3 is 2.38 bits per heavy atom. The van der Waals surface area contributed by atoms with E-state index in [1.165, 1.54) is 35.7 Å². The molecule has 0 saturated carbocycles. The number of benzene rings is 2. The topological polar surface area (TPSA) is 15.7 Å². The Balaban J connectivity index is 1.45. The predicted octanol–water partition coefficient (Wildman–Crippen LogP) is 4.15. The third kappa shape index (κ3) is 3.51. The number of hydrogen-bond acceptors (Lipinski definition) is 4. The zero-order valence-corrected chi connectivity index (χ0v) is 16.7. The van der Waals surface area contributed by atoms with Gasteiger partial charge >= 0.3 is 0 Å². The molecular weight excluding hydrogens is 340 g/mol. The van der Waals surface area contributed by atoms with Gasteiger partial charge in [-0.05, 0) is 60.5 Å². The molecule has 2 aromatic rings. The van der Waals surface area contributed by atoms with Gasteiger partial charge in [-0.2, -0.15) is 0 Å². The number of rotatable bonds is 5. The average molecular weight is 369 g/mol. The van der Waals surface area contributed by atoms with Crippen LogP contribution >= 0.6 is 11.8 Å². The summed E-state index contributed by atoms with van der Waals surface area (Å²) in [6.45, 7) is 4.67. The van der Waals surface area contributed by atoms with Gasteiger partial charge in [0.15, 0.2) is 0 Å². The molecule has 2 aliphatic rings. The molecule has 2 aromatic carbocycles. The van der Waals surface area contributed by atoms with Crippen molar-refractivity contribution in [2.45, 2.75) is 17.5 Å². The van der Waals surface area contributed by atoms with Gasteiger partial charge in [-0.3, -0.25) is 9.80 Å². The van der Waals surface area contributed by atoms with Crippen molar-refractivity contribution in [2.24, 2.45) is 11.8 Å². The number of likely N-dealkylation sites (tertiary alicyclic amines) is 2. The quantitative estimate of drug-likeness (QED) is 0.737. The fraction of sp³-hybridized carbons (Fsp3) is 0.455. The lowest BCUT2D eigenvalue weighted by Gasteiger charge is -2.27. The smallest absolute Gasteiger partial charge is 0.118 e. The van der Waals surface area contributed by atoms with Crippen LogP contribution in [0, 0.1) is 11.8 Å². The van der Waals surface area contributed by atoms with E-state index in [4.69, 9.17) is 4.74 Å². The highest BCUT2D eigenvalue weighted by Gasteiger charge is 2.45. The maximum Gasteiger partial charge on any atom is 0.118 e. The van der Waals surface area contributed by atoms with Crippen LogP contribution < -0.4 is 4.74 Å². The zero-order valence-electron chi connectivity index (χ0n) is 15.9. The van der Waals surface area contributed by atoms with E-state index in [0.29, 0.717) is 6.04 Å². The molecule has 26 heavy (non-hydrogen) atoms. The van der Waals surface area contributed by atoms with Crippen LogP contribution in [0.2, 0.25) is 0 Å². The second-order valence-corrected chi connectivity index (χ2v) is 8.50. The van der Waals surface area contributed by atoms with E-state index in [-0.39, 0.29) is 0 Å². The lowest BCUT2D eigenvalue weighted by atomic mass is 9.89. The Hall–Kier alpha value is -1.49. The molecule has 4 heteroatoms. The summed E-state index contributed by atoms with van der Waals surface area (Å²) in [6, 6.07) is 18.2. The van der Waals surface area contributed by atoms with Crippen LogP contribution in [0.3, 0.4) is 0 Å². The minimum Gasteiger partial charge on any atom is -0.497 e. The molecule has 138 valence electrons. The molecule has 3 nitrogen and oxygen atoms in total. The third-order valence-corrected chi connectivity index (χ3v) is 6.74. The van der Waals surface area contributed by atoms with Gasteiger partial charge in [-0.25, -0.2) is 0 Å². The highest BCUT2D eigenvalue weighted by Crippen LogP contribution is 2.44. The van der Waals surface area contributed by atoms with Gasteiger partial charge in [0.1, 0.15) is 5.75 Å². The predicted molar refractivity (Wildman–Crippen MR) is 109 cm³/mol. The second-order valence-electron chi connectivity index (χ2n) is 7.62. The number of nitrogens with zero attached hydrogens (tertiary/aromatic N) is 2. The summed E-state index contributed by atoms with van der Waals surface area (Å²) < 4.78 is 5.32. The summed E-state index contributed by atoms with van der Waals surface area (Å²) >= 11 is 1.81. The monoisotopic (exact) mass is 368 g/mol. The molecule has 0 radical (unpaired) electrons. The van der Waals surface area contributed by atoms with E-state index in [0.717, 1.165) is 24.1 Å². The van der Waals surface area contributed by atoms with Gasteiger partial charge in [-0.1, -0.05) is 24.3 Å². The molecular formula is C22H28N2OS. The molecule has 0 unspecified atom stereocenters. The highest BCUT2D eigenvalue weighted by molar-refractivity contribution is 7.98. The van der Waals surface area contributed by atoms with Gasteiger partial charge in [0.2, 0.25) is 0 Å². The van der Waals surface area contributed by atoms with Crippen molar-refractivity contribution in [1.82, 2.24) is 9.80 Å². The van der Waals surface area contributed by atoms with E-state index in [9.17, 15) is 0 Å². The number of thioether (sulfide) groups is 1. The number of hydrogen-bond donors (Lipinski definition) is 0. The van der Waals surface area contributed by atoms with Gasteiger partial charge < -0.3 is 4.74 Å². The maximum atomic E-state index is 5.32. The Kier molecular flexibility index (Phi) is 5.25. The minimum atomic E-state index is 0.523. The number of ether oxygens (including phenoxy) is 1. The first-order valence-electron chi connectivity index (χ1n) is 9.37. The summed E-state index contributed by atoms with van der Waals surface area (Å²) in [5.74, 6) is 2.43. The van der Waals surface area contributed by atoms with E-state index < -0.39 is 0 Å². The highest BCUT2D eigenvalue weighted by atomic mass is 32.2. The zero-order chi connectivity index (χ0) is 18.1. The fourth-order valence-electron chi connectivity index (χ4n) is 4.77. The largest absolute Gasteiger partial charge is 0.497 e. The lowest BCUT2D eigenvalue weighted by molar-refractivity contribution is 0.224. The van der Waals surface area contributed by atoms with Crippen LogP contribution in [0.5, 0.6) is 5.75 Å². The molecule has 0 aliphatic carbocycles. The number of fused-ring (bicyclic) bond motifs is 1. The molecule has 0 spiro atoms. The van der Waals surface area contributed by atoms with E-state index in [2.05, 4.69) is 71.6 Å². The second kappa shape index (κ2) is 7.63. The standard InChI is InChI=1S/C22H28N2OS/c1-23-13-18-14-24(12-16-4-10-20(26-3)11-5-16)15-21(18)22(23)17-6-8-19(25-2)9-7-17/h4-11,18,21-22H,12-15H2,1-3H3/t18-,21+,22-/m0/s1. The van der Waals surface area contributed by atoms with E-state index in [1.54, 1.807) is 18.9 Å². The Bertz CT molecular complexity index is 731. The van der Waals surface area contributed by atoms with Crippen molar-refractivity contribution in [1.29, 1.82) is 0 Å². The Morgan fingerprint density at radius 2 is 1.73 bits per heavy atom. The van der Waals surface area contributed by atoms with Crippen LogP contribution in [0.25, 0.3) is 0 Å². The SMILES string of the molecule is COc1ccc([C@H]2[C@@H]3CN(Cc4ccc(SC)cc4)C[C@@H]3CN2C)cc1. The first-order valence-corrected chi connectivity index (χ1v) is 10.6. The van der Waals surface area contributed by atoms with Crippen molar-refractivity contribution in [3.05, 3.63) is 59.7 Å². The molecule has 0 amide bonds. The molecule has 0 bridgehead atoms. The van der Waals surface area contributed by atoms with Crippen LogP contribution in [-0.4, -0.2) is 49.8 Å². The van der Waals surface area contributed by atoms with Crippen LogP contribution in [0.1, 0.15) is 17.2 Å². The number of methoxy groups -OCH3 is 1. The van der Waals surface area contributed by atoms with E-state index >= 15 is 0 Å². The molecule has 0 aromatic heterocycles. The van der Waals surface area contributed by atoms with Gasteiger partial charge in [-0.15, -0.1) is 11.8 Å². The Labute approximate surface area is 161 Å². The summed E-state index contributed by atoms with van der Waals surface area (Å²) in [4.78, 5) is 6.53. The molecule has 2 saturated heterocycles. The summed E-state index contributed by atoms with van der Waals surface area (Å²) in [5, 5.41) is 0. The fourth-order valence-corrected chi connectivity index (χ4v) is 5.18. The molecule has 0 N–H and O–H groups in total. The molecule has 4 rings (SSSR count). The maximum absolute atomic E-state index is 5.32. The van der Waals surface area contributed by atoms with Crippen molar-refractivity contribution < 1.29 is 4.74 Å². The lowest BCUT2D eigenvalue weighted by Crippen LogP contribution is -2.28. The molecule has 3 atom stereocenters. The van der Waals surface area contributed by atoms with E-state index in [1.807, 2.05) is 0 Å². The van der Waals surface area contributed by atoms with Gasteiger partial charge in [0.05, 0.1) is 7.11 Å². The van der Waals surface area contributed by atoms with Crippen molar-refractivity contribution in [3.8, 4) is 5.75 Å². The molecule has 2 heterocycles. The molecule has 2 fully saturated rings. The van der Waals surface area contributed by atoms with Gasteiger partial charge in [0, 0.05) is 37.1 Å². The normalized spacial score (nSPS) is 26.2. The minimum absolute atomic E-state index is 0.523. The summed E-state index contributed by atoms with van der Waals surface area (Å²) in [6.07, 6.45) is 2.13. The van der Waals surface area contributed by atoms with Crippen molar-refractivity contribution in [2.75, 3.05) is 40.0 Å². The molecule has 2 aliphatic heterocycles. The van der Waals surface area contributed by atoms with Crippen LogP contribution in [-0.2, 0) is 6.54 Å². The van der Waals surface area contributed by atoms with Gasteiger partial charge in [0.25, 0.3) is 0 Å².